The van der Waals surface area contributed by atoms with Crippen molar-refractivity contribution in [3.05, 3.63) is 35.2 Å². The predicted octanol–water partition coefficient (Wildman–Crippen LogP) is 1.31. The Morgan fingerprint density at radius 3 is 2.75 bits per heavy atom. The van der Waals surface area contributed by atoms with Crippen molar-refractivity contribution < 1.29 is 33.0 Å². The Labute approximate surface area is 115 Å². The summed E-state index contributed by atoms with van der Waals surface area (Å²) >= 11 is 0. The van der Waals surface area contributed by atoms with Crippen molar-refractivity contribution in [2.75, 3.05) is 20.3 Å². The first-order valence-corrected chi connectivity index (χ1v) is 5.91. The van der Waals surface area contributed by atoms with Gasteiger partial charge in [0.05, 0.1) is 7.11 Å². The molecule has 108 valence electrons. The summed E-state index contributed by atoms with van der Waals surface area (Å²) < 4.78 is 24.9. The molecule has 0 unspecified atom stereocenters. The Kier molecular flexibility index (Phi) is 4.29. The first-order chi connectivity index (χ1) is 9.61. The van der Waals surface area contributed by atoms with Gasteiger partial charge in [0.2, 0.25) is 5.76 Å². The van der Waals surface area contributed by atoms with Crippen molar-refractivity contribution in [1.82, 2.24) is 0 Å². The van der Waals surface area contributed by atoms with Crippen molar-refractivity contribution in [2.24, 2.45) is 0 Å². The number of rotatable bonds is 4. The summed E-state index contributed by atoms with van der Waals surface area (Å²) in [5.41, 5.74) is 0.301. The fourth-order valence-electron chi connectivity index (χ4n) is 1.61. The second-order valence-electron chi connectivity index (χ2n) is 3.95. The van der Waals surface area contributed by atoms with Gasteiger partial charge in [-0.05, 0) is 13.0 Å². The van der Waals surface area contributed by atoms with Crippen LogP contribution in [0.25, 0.3) is 0 Å². The fourth-order valence-corrected chi connectivity index (χ4v) is 1.61. The molecule has 7 heteroatoms. The third-order valence-corrected chi connectivity index (χ3v) is 2.57. The number of carbonyl (C=O) groups excluding carboxylic acids is 2. The second-order valence-corrected chi connectivity index (χ2v) is 3.95. The molecule has 1 aliphatic rings. The number of furan rings is 1. The van der Waals surface area contributed by atoms with Gasteiger partial charge in [-0.15, -0.1) is 0 Å². The molecule has 0 amide bonds. The van der Waals surface area contributed by atoms with Gasteiger partial charge in [-0.3, -0.25) is 0 Å². The van der Waals surface area contributed by atoms with E-state index in [4.69, 9.17) is 18.6 Å². The van der Waals surface area contributed by atoms with E-state index in [1.54, 1.807) is 6.92 Å². The minimum Gasteiger partial charge on any atom is -0.493 e. The Balaban J connectivity index is 1.95. The van der Waals surface area contributed by atoms with Crippen LogP contribution in [0.1, 0.15) is 21.9 Å². The molecule has 1 aromatic rings. The predicted molar refractivity (Wildman–Crippen MR) is 64.6 cm³/mol. The molecule has 0 aliphatic carbocycles. The molecule has 1 aliphatic heterocycles. The zero-order valence-electron chi connectivity index (χ0n) is 11.1. The summed E-state index contributed by atoms with van der Waals surface area (Å²) in [4.78, 5) is 23.0. The van der Waals surface area contributed by atoms with Crippen molar-refractivity contribution in [3.63, 3.8) is 0 Å². The van der Waals surface area contributed by atoms with E-state index in [0.29, 0.717) is 30.3 Å². The Hall–Kier alpha value is -2.44. The summed E-state index contributed by atoms with van der Waals surface area (Å²) in [7, 11) is 1.28. The average molecular weight is 282 g/mol. The number of ether oxygens (including phenoxy) is 4. The van der Waals surface area contributed by atoms with Gasteiger partial charge in [0.15, 0.2) is 0 Å². The zero-order chi connectivity index (χ0) is 14.5. The molecular formula is C13H14O7. The first-order valence-electron chi connectivity index (χ1n) is 5.91. The molecule has 0 spiro atoms. The summed E-state index contributed by atoms with van der Waals surface area (Å²) in [5, 5.41) is 0. The molecule has 0 saturated carbocycles. The van der Waals surface area contributed by atoms with Crippen LogP contribution in [-0.4, -0.2) is 32.3 Å². The van der Waals surface area contributed by atoms with E-state index in [-0.39, 0.29) is 12.4 Å². The van der Waals surface area contributed by atoms with Crippen LogP contribution in [0.4, 0.5) is 0 Å². The molecule has 0 aromatic carbocycles. The minimum absolute atomic E-state index is 0.00715. The van der Waals surface area contributed by atoms with E-state index in [1.807, 2.05) is 0 Å². The number of hydrogen-bond acceptors (Lipinski definition) is 7. The number of carbonyl (C=O) groups is 2. The standard InChI is InChI=1S/C13H14O7/c1-8-10(12(14)16-2)5-9(20-8)6-19-13(15)11-7-17-3-4-18-11/h5,7H,3-4,6H2,1-2H3. The summed E-state index contributed by atoms with van der Waals surface area (Å²) in [6, 6.07) is 1.47. The van der Waals surface area contributed by atoms with E-state index >= 15 is 0 Å². The van der Waals surface area contributed by atoms with Gasteiger partial charge in [0.1, 0.15) is 43.2 Å². The smallest absolute Gasteiger partial charge is 0.377 e. The maximum atomic E-state index is 11.6. The number of hydrogen-bond donors (Lipinski definition) is 0. The molecule has 0 N–H and O–H groups in total. The van der Waals surface area contributed by atoms with Crippen LogP contribution in [0.3, 0.4) is 0 Å². The minimum atomic E-state index is -0.654. The van der Waals surface area contributed by atoms with Crippen LogP contribution < -0.4 is 0 Å². The van der Waals surface area contributed by atoms with Crippen molar-refractivity contribution >= 4 is 11.9 Å². The molecule has 2 rings (SSSR count). The quantitative estimate of drug-likeness (QED) is 0.769. The van der Waals surface area contributed by atoms with Gasteiger partial charge < -0.3 is 23.4 Å². The summed E-state index contributed by atoms with van der Waals surface area (Å²) in [6.07, 6.45) is 1.21. The van der Waals surface area contributed by atoms with Crippen molar-refractivity contribution in [2.45, 2.75) is 13.5 Å². The van der Waals surface area contributed by atoms with Crippen molar-refractivity contribution in [3.8, 4) is 0 Å². The largest absolute Gasteiger partial charge is 0.493 e. The molecule has 0 saturated heterocycles. The van der Waals surface area contributed by atoms with Crippen LogP contribution in [0.2, 0.25) is 0 Å². The maximum Gasteiger partial charge on any atom is 0.377 e. The van der Waals surface area contributed by atoms with E-state index in [0.717, 1.165) is 0 Å². The fraction of sp³-hybridized carbons (Fsp3) is 0.385. The molecule has 0 bridgehead atoms. The van der Waals surface area contributed by atoms with Crippen LogP contribution in [0.15, 0.2) is 22.5 Å². The number of methoxy groups -OCH3 is 1. The van der Waals surface area contributed by atoms with E-state index < -0.39 is 11.9 Å². The van der Waals surface area contributed by atoms with Gasteiger partial charge in [-0.25, -0.2) is 9.59 Å². The van der Waals surface area contributed by atoms with Crippen LogP contribution >= 0.6 is 0 Å². The van der Waals surface area contributed by atoms with Gasteiger partial charge in [0.25, 0.3) is 0 Å². The topological polar surface area (TPSA) is 84.2 Å². The molecule has 20 heavy (non-hydrogen) atoms. The second kappa shape index (κ2) is 6.14. The Bertz CT molecular complexity index is 541. The lowest BCUT2D eigenvalue weighted by Crippen LogP contribution is -2.17. The molecule has 7 nitrogen and oxygen atoms in total. The number of aryl methyl sites for hydroxylation is 1. The third kappa shape index (κ3) is 3.11. The average Bonchev–Trinajstić information content (AvgIpc) is 2.86. The van der Waals surface area contributed by atoms with E-state index in [1.165, 1.54) is 19.4 Å². The highest BCUT2D eigenvalue weighted by molar-refractivity contribution is 5.90. The Morgan fingerprint density at radius 2 is 2.10 bits per heavy atom. The van der Waals surface area contributed by atoms with Crippen LogP contribution in [-0.2, 0) is 30.3 Å². The zero-order valence-corrected chi connectivity index (χ0v) is 11.1. The van der Waals surface area contributed by atoms with Gasteiger partial charge in [-0.2, -0.15) is 0 Å². The molecule has 1 aromatic heterocycles. The monoisotopic (exact) mass is 282 g/mol. The lowest BCUT2D eigenvalue weighted by Gasteiger charge is -2.13. The normalized spacial score (nSPS) is 13.8. The lowest BCUT2D eigenvalue weighted by atomic mass is 10.2. The highest BCUT2D eigenvalue weighted by atomic mass is 16.6. The maximum absolute atomic E-state index is 11.6. The third-order valence-electron chi connectivity index (χ3n) is 2.57. The number of esters is 2. The molecular weight excluding hydrogens is 268 g/mol. The highest BCUT2D eigenvalue weighted by Crippen LogP contribution is 2.17. The molecule has 0 radical (unpaired) electrons. The molecule has 0 fully saturated rings. The van der Waals surface area contributed by atoms with E-state index in [2.05, 4.69) is 4.74 Å². The molecule has 0 atom stereocenters. The molecule has 2 heterocycles. The van der Waals surface area contributed by atoms with Gasteiger partial charge >= 0.3 is 11.9 Å². The highest BCUT2D eigenvalue weighted by Gasteiger charge is 2.19. The Morgan fingerprint density at radius 1 is 1.30 bits per heavy atom. The van der Waals surface area contributed by atoms with Crippen LogP contribution in [0, 0.1) is 6.92 Å². The van der Waals surface area contributed by atoms with Crippen LogP contribution in [0.5, 0.6) is 0 Å². The van der Waals surface area contributed by atoms with Crippen molar-refractivity contribution in [1.29, 1.82) is 0 Å². The SMILES string of the molecule is COC(=O)c1cc(COC(=O)C2=COCCO2)oc1C. The van der Waals surface area contributed by atoms with Gasteiger partial charge in [-0.1, -0.05) is 0 Å². The van der Waals surface area contributed by atoms with Gasteiger partial charge in [0, 0.05) is 0 Å². The first kappa shape index (κ1) is 14.0. The van der Waals surface area contributed by atoms with E-state index in [9.17, 15) is 9.59 Å². The summed E-state index contributed by atoms with van der Waals surface area (Å²) in [6.45, 7) is 2.21. The summed E-state index contributed by atoms with van der Waals surface area (Å²) in [5.74, 6) is -0.408. The lowest BCUT2D eigenvalue weighted by molar-refractivity contribution is -0.146.